The van der Waals surface area contributed by atoms with Crippen molar-refractivity contribution in [3.8, 4) is 0 Å². The van der Waals surface area contributed by atoms with Gasteiger partial charge in [-0.15, -0.1) is 0 Å². The van der Waals surface area contributed by atoms with Crippen LogP contribution in [0.2, 0.25) is 20.1 Å². The van der Waals surface area contributed by atoms with Gasteiger partial charge in [-0.1, -0.05) is 58.5 Å². The number of ketones is 1. The minimum atomic E-state index is -0.158. The summed E-state index contributed by atoms with van der Waals surface area (Å²) in [6.07, 6.45) is 0.167. The Labute approximate surface area is 131 Å². The Balaban J connectivity index is 2.28. The highest BCUT2D eigenvalue weighted by Gasteiger charge is 2.15. The van der Waals surface area contributed by atoms with Gasteiger partial charge in [0.2, 0.25) is 0 Å². The van der Waals surface area contributed by atoms with Crippen molar-refractivity contribution < 1.29 is 4.79 Å². The fraction of sp³-hybridized carbons (Fsp3) is 0.0714. The lowest BCUT2D eigenvalue weighted by atomic mass is 10.0. The maximum absolute atomic E-state index is 12.2. The first-order valence-electron chi connectivity index (χ1n) is 5.40. The molecule has 0 fully saturated rings. The first kappa shape index (κ1) is 14.7. The third-order valence-corrected chi connectivity index (χ3v) is 3.96. The third kappa shape index (κ3) is 3.43. The van der Waals surface area contributed by atoms with Gasteiger partial charge in [0.05, 0.1) is 25.7 Å². The minimum absolute atomic E-state index is 0.158. The molecule has 0 bridgehead atoms. The SMILES string of the molecule is O=C(Cc1ccc(Cl)c(Cl)c1)c1c(Cl)cccc1Cl. The van der Waals surface area contributed by atoms with Gasteiger partial charge in [-0.05, 0) is 29.8 Å². The first-order valence-corrected chi connectivity index (χ1v) is 6.91. The summed E-state index contributed by atoms with van der Waals surface area (Å²) in [7, 11) is 0. The highest BCUT2D eigenvalue weighted by Crippen LogP contribution is 2.27. The van der Waals surface area contributed by atoms with E-state index in [1.165, 1.54) is 0 Å². The fourth-order valence-electron chi connectivity index (χ4n) is 1.69. The number of rotatable bonds is 3. The zero-order valence-corrected chi connectivity index (χ0v) is 12.6. The van der Waals surface area contributed by atoms with Crippen LogP contribution in [0, 0.1) is 0 Å². The molecule has 2 rings (SSSR count). The zero-order chi connectivity index (χ0) is 14.0. The Bertz CT molecular complexity index is 617. The monoisotopic (exact) mass is 332 g/mol. The summed E-state index contributed by atoms with van der Waals surface area (Å²) < 4.78 is 0. The maximum Gasteiger partial charge on any atom is 0.170 e. The molecule has 5 heteroatoms. The van der Waals surface area contributed by atoms with Crippen LogP contribution in [0.1, 0.15) is 15.9 Å². The first-order chi connectivity index (χ1) is 8.99. The molecule has 0 saturated carbocycles. The quantitative estimate of drug-likeness (QED) is 0.656. The fourth-order valence-corrected chi connectivity index (χ4v) is 2.62. The largest absolute Gasteiger partial charge is 0.294 e. The molecule has 0 saturated heterocycles. The van der Waals surface area contributed by atoms with Crippen molar-refractivity contribution in [2.75, 3.05) is 0 Å². The molecule has 0 aliphatic heterocycles. The lowest BCUT2D eigenvalue weighted by Gasteiger charge is -2.06. The molecule has 0 aliphatic rings. The van der Waals surface area contributed by atoms with Gasteiger partial charge in [0.15, 0.2) is 5.78 Å². The second kappa shape index (κ2) is 6.15. The standard InChI is InChI=1S/C14H8Cl4O/c15-9-5-4-8(6-12(9)18)7-13(19)14-10(16)2-1-3-11(14)17/h1-6H,7H2. The van der Waals surface area contributed by atoms with E-state index in [0.29, 0.717) is 25.7 Å². The normalized spacial score (nSPS) is 10.5. The lowest BCUT2D eigenvalue weighted by Crippen LogP contribution is -2.05. The number of halogens is 4. The van der Waals surface area contributed by atoms with Crippen LogP contribution in [0.15, 0.2) is 36.4 Å². The van der Waals surface area contributed by atoms with E-state index in [4.69, 9.17) is 46.4 Å². The number of hydrogen-bond acceptors (Lipinski definition) is 1. The van der Waals surface area contributed by atoms with Crippen molar-refractivity contribution >= 4 is 52.2 Å². The van der Waals surface area contributed by atoms with Crippen LogP contribution in [0.25, 0.3) is 0 Å². The minimum Gasteiger partial charge on any atom is -0.294 e. The second-order valence-corrected chi connectivity index (χ2v) is 5.57. The Morgan fingerprint density at radius 3 is 2.05 bits per heavy atom. The van der Waals surface area contributed by atoms with Crippen molar-refractivity contribution in [2.45, 2.75) is 6.42 Å². The summed E-state index contributed by atoms with van der Waals surface area (Å²) in [5, 5.41) is 1.56. The molecule has 0 heterocycles. The summed E-state index contributed by atoms with van der Waals surface area (Å²) in [4.78, 5) is 12.2. The second-order valence-electron chi connectivity index (χ2n) is 3.95. The summed E-state index contributed by atoms with van der Waals surface area (Å²) in [5.41, 5.74) is 1.09. The Morgan fingerprint density at radius 1 is 0.842 bits per heavy atom. The van der Waals surface area contributed by atoms with E-state index < -0.39 is 0 Å². The molecular formula is C14H8Cl4O. The zero-order valence-electron chi connectivity index (χ0n) is 9.59. The Morgan fingerprint density at radius 2 is 1.47 bits per heavy atom. The average Bonchev–Trinajstić information content (AvgIpc) is 2.33. The highest BCUT2D eigenvalue weighted by atomic mass is 35.5. The summed E-state index contributed by atoms with van der Waals surface area (Å²) >= 11 is 23.7. The predicted octanol–water partition coefficient (Wildman–Crippen LogP) is 5.73. The molecule has 0 amide bonds. The molecular weight excluding hydrogens is 326 g/mol. The molecule has 19 heavy (non-hydrogen) atoms. The number of Topliss-reactive ketones (excluding diaryl/α,β-unsaturated/α-hetero) is 1. The molecule has 0 atom stereocenters. The van der Waals surface area contributed by atoms with Gasteiger partial charge < -0.3 is 0 Å². The number of carbonyl (C=O) groups is 1. The summed E-state index contributed by atoms with van der Waals surface area (Å²) in [6, 6.07) is 10.0. The van der Waals surface area contributed by atoms with Crippen LogP contribution in [-0.2, 0) is 6.42 Å². The molecule has 1 nitrogen and oxygen atoms in total. The lowest BCUT2D eigenvalue weighted by molar-refractivity contribution is 0.0993. The molecule has 0 spiro atoms. The number of hydrogen-bond donors (Lipinski definition) is 0. The van der Waals surface area contributed by atoms with E-state index in [1.54, 1.807) is 36.4 Å². The molecule has 0 unspecified atom stereocenters. The topological polar surface area (TPSA) is 17.1 Å². The van der Waals surface area contributed by atoms with E-state index in [-0.39, 0.29) is 12.2 Å². The number of carbonyl (C=O) groups excluding carboxylic acids is 1. The summed E-state index contributed by atoms with van der Waals surface area (Å²) in [6.45, 7) is 0. The van der Waals surface area contributed by atoms with Crippen LogP contribution in [0.5, 0.6) is 0 Å². The summed E-state index contributed by atoms with van der Waals surface area (Å²) in [5.74, 6) is -0.158. The van der Waals surface area contributed by atoms with Crippen molar-refractivity contribution in [1.82, 2.24) is 0 Å². The smallest absolute Gasteiger partial charge is 0.170 e. The van der Waals surface area contributed by atoms with Crippen LogP contribution >= 0.6 is 46.4 Å². The molecule has 2 aromatic rings. The number of benzene rings is 2. The Hall–Kier alpha value is -0.730. The van der Waals surface area contributed by atoms with E-state index in [9.17, 15) is 4.79 Å². The van der Waals surface area contributed by atoms with Crippen molar-refractivity contribution in [2.24, 2.45) is 0 Å². The molecule has 98 valence electrons. The molecule has 0 aromatic heterocycles. The van der Waals surface area contributed by atoms with E-state index in [1.807, 2.05) is 0 Å². The third-order valence-electron chi connectivity index (χ3n) is 2.59. The van der Waals surface area contributed by atoms with Gasteiger partial charge in [0.25, 0.3) is 0 Å². The molecule has 0 radical (unpaired) electrons. The predicted molar refractivity (Wildman–Crippen MR) is 81.0 cm³/mol. The van der Waals surface area contributed by atoms with Crippen LogP contribution in [0.4, 0.5) is 0 Å². The average molecular weight is 334 g/mol. The van der Waals surface area contributed by atoms with Gasteiger partial charge in [-0.2, -0.15) is 0 Å². The van der Waals surface area contributed by atoms with E-state index >= 15 is 0 Å². The Kier molecular flexibility index (Phi) is 4.75. The van der Waals surface area contributed by atoms with Crippen LogP contribution < -0.4 is 0 Å². The molecule has 0 N–H and O–H groups in total. The van der Waals surface area contributed by atoms with Gasteiger partial charge in [0.1, 0.15) is 0 Å². The maximum atomic E-state index is 12.2. The van der Waals surface area contributed by atoms with Crippen LogP contribution in [0.3, 0.4) is 0 Å². The van der Waals surface area contributed by atoms with Gasteiger partial charge in [-0.25, -0.2) is 0 Å². The van der Waals surface area contributed by atoms with E-state index in [2.05, 4.69) is 0 Å². The van der Waals surface area contributed by atoms with Crippen molar-refractivity contribution in [3.63, 3.8) is 0 Å². The van der Waals surface area contributed by atoms with Gasteiger partial charge in [-0.3, -0.25) is 4.79 Å². The van der Waals surface area contributed by atoms with Crippen molar-refractivity contribution in [1.29, 1.82) is 0 Å². The van der Waals surface area contributed by atoms with Crippen molar-refractivity contribution in [3.05, 3.63) is 67.6 Å². The highest BCUT2D eigenvalue weighted by molar-refractivity contribution is 6.42. The van der Waals surface area contributed by atoms with E-state index in [0.717, 1.165) is 5.56 Å². The van der Waals surface area contributed by atoms with Gasteiger partial charge >= 0.3 is 0 Å². The molecule has 0 aliphatic carbocycles. The van der Waals surface area contributed by atoms with Gasteiger partial charge in [0, 0.05) is 6.42 Å². The molecule has 2 aromatic carbocycles. The van der Waals surface area contributed by atoms with Crippen LogP contribution in [-0.4, -0.2) is 5.78 Å².